The smallest absolute Gasteiger partial charge is 0.257 e. The Hall–Kier alpha value is -3.61. The van der Waals surface area contributed by atoms with Crippen LogP contribution in [0.5, 0.6) is 17.4 Å². The first-order valence-corrected chi connectivity index (χ1v) is 8.91. The molecule has 142 valence electrons. The third-order valence-corrected chi connectivity index (χ3v) is 4.39. The van der Waals surface area contributed by atoms with Crippen LogP contribution in [0.15, 0.2) is 48.8 Å². The van der Waals surface area contributed by atoms with Gasteiger partial charge in [0.2, 0.25) is 5.88 Å². The molecule has 0 aliphatic carbocycles. The van der Waals surface area contributed by atoms with Gasteiger partial charge in [0.05, 0.1) is 7.11 Å². The van der Waals surface area contributed by atoms with Crippen LogP contribution in [0, 0.1) is 20.8 Å². The first-order chi connectivity index (χ1) is 13.5. The Balaban J connectivity index is 1.71. The van der Waals surface area contributed by atoms with Crippen LogP contribution < -0.4 is 14.8 Å². The van der Waals surface area contributed by atoms with Gasteiger partial charge in [-0.2, -0.15) is 19.6 Å². The summed E-state index contributed by atoms with van der Waals surface area (Å²) in [6.07, 6.45) is 1.46. The summed E-state index contributed by atoms with van der Waals surface area (Å²) in [6.45, 7) is 6.14. The number of hydrogen-bond donors (Lipinski definition) is 1. The zero-order chi connectivity index (χ0) is 19.7. The van der Waals surface area contributed by atoms with E-state index in [0.29, 0.717) is 17.5 Å². The lowest BCUT2D eigenvalue weighted by Gasteiger charge is -2.14. The second-order valence-electron chi connectivity index (χ2n) is 6.63. The molecule has 2 aromatic carbocycles. The number of nitrogens with one attached hydrogen (secondary N) is 1. The van der Waals surface area contributed by atoms with Gasteiger partial charge in [-0.05, 0) is 56.2 Å². The zero-order valence-electron chi connectivity index (χ0n) is 16.2. The van der Waals surface area contributed by atoms with E-state index in [1.165, 1.54) is 11.9 Å². The molecule has 28 heavy (non-hydrogen) atoms. The lowest BCUT2D eigenvalue weighted by atomic mass is 10.1. The Morgan fingerprint density at radius 3 is 2.36 bits per heavy atom. The standard InChI is InChI=1S/C21H21N5O2/c1-13-9-14(2)20(15(3)10-13)28-19-11-18(25-21-22-12-23-26(19)21)24-16-5-7-17(27-4)8-6-16/h5-12H,1-4H3,(H,22,23,24,25). The van der Waals surface area contributed by atoms with Gasteiger partial charge >= 0.3 is 0 Å². The Kier molecular flexibility index (Phi) is 4.57. The van der Waals surface area contributed by atoms with E-state index in [4.69, 9.17) is 9.47 Å². The van der Waals surface area contributed by atoms with Crippen molar-refractivity contribution in [3.8, 4) is 17.4 Å². The largest absolute Gasteiger partial charge is 0.497 e. The van der Waals surface area contributed by atoms with Crippen LogP contribution in [0.2, 0.25) is 0 Å². The minimum atomic E-state index is 0.455. The molecule has 0 atom stereocenters. The van der Waals surface area contributed by atoms with Gasteiger partial charge in [-0.25, -0.2) is 0 Å². The van der Waals surface area contributed by atoms with E-state index in [1.807, 2.05) is 44.2 Å². The highest BCUT2D eigenvalue weighted by Crippen LogP contribution is 2.31. The van der Waals surface area contributed by atoms with Crippen molar-refractivity contribution in [3.63, 3.8) is 0 Å². The van der Waals surface area contributed by atoms with Crippen LogP contribution in [-0.4, -0.2) is 26.7 Å². The van der Waals surface area contributed by atoms with E-state index in [2.05, 4.69) is 39.4 Å². The average Bonchev–Trinajstić information content (AvgIpc) is 3.14. The fraction of sp³-hybridized carbons (Fsp3) is 0.190. The SMILES string of the molecule is COc1ccc(Nc2cc(Oc3c(C)cc(C)cc3C)n3ncnc3n2)cc1. The van der Waals surface area contributed by atoms with Crippen LogP contribution in [0.4, 0.5) is 11.5 Å². The second-order valence-corrected chi connectivity index (χ2v) is 6.63. The topological polar surface area (TPSA) is 73.6 Å². The Labute approximate surface area is 163 Å². The summed E-state index contributed by atoms with van der Waals surface area (Å²) in [5.74, 6) is 3.21. The van der Waals surface area contributed by atoms with Crippen LogP contribution >= 0.6 is 0 Å². The highest BCUT2D eigenvalue weighted by Gasteiger charge is 2.13. The molecule has 0 aliphatic rings. The first kappa shape index (κ1) is 17.8. The van der Waals surface area contributed by atoms with Crippen molar-refractivity contribution in [3.05, 3.63) is 65.5 Å². The maximum absolute atomic E-state index is 6.24. The summed E-state index contributed by atoms with van der Waals surface area (Å²) in [4.78, 5) is 8.71. The van der Waals surface area contributed by atoms with Gasteiger partial charge in [-0.15, -0.1) is 0 Å². The van der Waals surface area contributed by atoms with E-state index in [-0.39, 0.29) is 0 Å². The highest BCUT2D eigenvalue weighted by molar-refractivity contribution is 5.60. The number of benzene rings is 2. The van der Waals surface area contributed by atoms with Crippen molar-refractivity contribution in [1.82, 2.24) is 19.6 Å². The van der Waals surface area contributed by atoms with Gasteiger partial charge in [-0.3, -0.25) is 0 Å². The van der Waals surface area contributed by atoms with E-state index < -0.39 is 0 Å². The Morgan fingerprint density at radius 2 is 1.68 bits per heavy atom. The molecule has 4 rings (SSSR count). The van der Waals surface area contributed by atoms with Crippen molar-refractivity contribution >= 4 is 17.3 Å². The van der Waals surface area contributed by atoms with Gasteiger partial charge < -0.3 is 14.8 Å². The van der Waals surface area contributed by atoms with Crippen LogP contribution in [0.1, 0.15) is 16.7 Å². The molecule has 1 N–H and O–H groups in total. The molecule has 0 saturated heterocycles. The fourth-order valence-electron chi connectivity index (χ4n) is 3.18. The molecule has 4 aromatic rings. The van der Waals surface area contributed by atoms with Crippen molar-refractivity contribution in [2.75, 3.05) is 12.4 Å². The summed E-state index contributed by atoms with van der Waals surface area (Å²) in [7, 11) is 1.64. The van der Waals surface area contributed by atoms with Gasteiger partial charge in [-0.1, -0.05) is 17.7 Å². The van der Waals surface area contributed by atoms with E-state index in [9.17, 15) is 0 Å². The molecular formula is C21H21N5O2. The van der Waals surface area contributed by atoms with E-state index in [0.717, 1.165) is 28.3 Å². The predicted octanol–water partition coefficient (Wildman–Crippen LogP) is 4.59. The molecule has 0 radical (unpaired) electrons. The lowest BCUT2D eigenvalue weighted by Crippen LogP contribution is -2.03. The quantitative estimate of drug-likeness (QED) is 0.550. The third kappa shape index (κ3) is 3.46. The summed E-state index contributed by atoms with van der Waals surface area (Å²) >= 11 is 0. The maximum Gasteiger partial charge on any atom is 0.257 e. The monoisotopic (exact) mass is 375 g/mol. The molecule has 0 fully saturated rings. The predicted molar refractivity (Wildman–Crippen MR) is 108 cm³/mol. The normalized spacial score (nSPS) is 10.9. The Bertz CT molecular complexity index is 1110. The number of aryl methyl sites for hydroxylation is 3. The molecule has 0 spiro atoms. The number of methoxy groups -OCH3 is 1. The minimum absolute atomic E-state index is 0.455. The third-order valence-electron chi connectivity index (χ3n) is 4.39. The van der Waals surface area contributed by atoms with Gasteiger partial charge in [0.25, 0.3) is 5.78 Å². The molecule has 0 aliphatic heterocycles. The lowest BCUT2D eigenvalue weighted by molar-refractivity contribution is 0.415. The zero-order valence-corrected chi connectivity index (χ0v) is 16.2. The van der Waals surface area contributed by atoms with E-state index in [1.54, 1.807) is 11.6 Å². The van der Waals surface area contributed by atoms with Crippen molar-refractivity contribution in [2.24, 2.45) is 0 Å². The molecule has 2 heterocycles. The fourth-order valence-corrected chi connectivity index (χ4v) is 3.18. The van der Waals surface area contributed by atoms with Crippen LogP contribution in [0.25, 0.3) is 5.78 Å². The molecule has 0 saturated carbocycles. The summed E-state index contributed by atoms with van der Waals surface area (Å²) in [6, 6.07) is 13.6. The molecule has 7 heteroatoms. The first-order valence-electron chi connectivity index (χ1n) is 8.91. The number of nitrogens with zero attached hydrogens (tertiary/aromatic N) is 4. The minimum Gasteiger partial charge on any atom is -0.497 e. The van der Waals surface area contributed by atoms with Gasteiger partial charge in [0.15, 0.2) is 0 Å². The van der Waals surface area contributed by atoms with Crippen molar-refractivity contribution in [1.29, 1.82) is 0 Å². The summed E-state index contributed by atoms with van der Waals surface area (Å²) in [5.41, 5.74) is 4.20. The number of anilines is 2. The Morgan fingerprint density at radius 1 is 0.964 bits per heavy atom. The number of hydrogen-bond acceptors (Lipinski definition) is 6. The van der Waals surface area contributed by atoms with Crippen molar-refractivity contribution in [2.45, 2.75) is 20.8 Å². The molecule has 0 unspecified atom stereocenters. The molecule has 2 aromatic heterocycles. The van der Waals surface area contributed by atoms with Crippen LogP contribution in [0.3, 0.4) is 0 Å². The van der Waals surface area contributed by atoms with Gasteiger partial charge in [0.1, 0.15) is 23.6 Å². The molecule has 0 bridgehead atoms. The molecule has 7 nitrogen and oxygen atoms in total. The van der Waals surface area contributed by atoms with Crippen LogP contribution in [-0.2, 0) is 0 Å². The maximum atomic E-state index is 6.24. The summed E-state index contributed by atoms with van der Waals surface area (Å²) < 4.78 is 13.0. The number of fused-ring (bicyclic) bond motifs is 1. The number of ether oxygens (including phenoxy) is 2. The average molecular weight is 375 g/mol. The molecular weight excluding hydrogens is 354 g/mol. The second kappa shape index (κ2) is 7.19. The summed E-state index contributed by atoms with van der Waals surface area (Å²) in [5, 5.41) is 7.51. The van der Waals surface area contributed by atoms with Gasteiger partial charge in [0, 0.05) is 11.8 Å². The number of rotatable bonds is 5. The van der Waals surface area contributed by atoms with Crippen molar-refractivity contribution < 1.29 is 9.47 Å². The number of aromatic nitrogens is 4. The highest BCUT2D eigenvalue weighted by atomic mass is 16.5. The van der Waals surface area contributed by atoms with E-state index >= 15 is 0 Å². The molecule has 0 amide bonds.